The van der Waals surface area contributed by atoms with E-state index in [2.05, 4.69) is 13.8 Å². The quantitative estimate of drug-likeness (QED) is 0.302. The highest BCUT2D eigenvalue weighted by Crippen LogP contribution is 2.69. The van der Waals surface area contributed by atoms with E-state index in [1.807, 2.05) is 13.8 Å². The van der Waals surface area contributed by atoms with Crippen LogP contribution in [0.4, 0.5) is 0 Å². The Kier molecular flexibility index (Phi) is 7.27. The number of rotatable bonds is 6. The Bertz CT molecular complexity index is 734. The van der Waals surface area contributed by atoms with Crippen LogP contribution in [0.25, 0.3) is 0 Å². The number of aliphatic hydroxyl groups excluding tert-OH is 6. The molecule has 4 rings (SSSR count). The highest BCUT2D eigenvalue weighted by Gasteiger charge is 2.72. The van der Waals surface area contributed by atoms with Gasteiger partial charge in [-0.3, -0.25) is 0 Å². The van der Waals surface area contributed by atoms with Gasteiger partial charge in [0.05, 0.1) is 24.4 Å². The van der Waals surface area contributed by atoms with E-state index in [9.17, 15) is 35.7 Å². The van der Waals surface area contributed by atoms with Crippen LogP contribution in [0.5, 0.6) is 0 Å². The molecule has 7 heteroatoms. The maximum atomic E-state index is 11.6. The molecular formula is C27H48O7. The summed E-state index contributed by atoms with van der Waals surface area (Å²) in [5.74, 6) is -0.609. The summed E-state index contributed by atoms with van der Waals surface area (Å²) in [5.41, 5.74) is -2.63. The normalized spacial score (nSPS) is 54.6. The lowest BCUT2D eigenvalue weighted by molar-refractivity contribution is -0.301. The molecule has 34 heavy (non-hydrogen) atoms. The van der Waals surface area contributed by atoms with Crippen molar-refractivity contribution in [3.8, 4) is 0 Å². The lowest BCUT2D eigenvalue weighted by atomic mass is 9.41. The van der Waals surface area contributed by atoms with Gasteiger partial charge in [0.25, 0.3) is 0 Å². The molecule has 14 atom stereocenters. The predicted molar refractivity (Wildman–Crippen MR) is 128 cm³/mol. The van der Waals surface area contributed by atoms with Crippen molar-refractivity contribution in [1.82, 2.24) is 0 Å². The van der Waals surface area contributed by atoms with E-state index in [0.717, 1.165) is 32.1 Å². The molecule has 4 fully saturated rings. The Labute approximate surface area is 204 Å². The van der Waals surface area contributed by atoms with Crippen molar-refractivity contribution in [2.45, 2.75) is 115 Å². The van der Waals surface area contributed by atoms with E-state index >= 15 is 0 Å². The van der Waals surface area contributed by atoms with Gasteiger partial charge in [0.15, 0.2) is 0 Å². The van der Waals surface area contributed by atoms with Gasteiger partial charge in [-0.2, -0.15) is 0 Å². The average molecular weight is 485 g/mol. The van der Waals surface area contributed by atoms with Crippen LogP contribution in [0, 0.1) is 46.3 Å². The maximum absolute atomic E-state index is 11.6. The van der Waals surface area contributed by atoms with Gasteiger partial charge in [-0.15, -0.1) is 0 Å². The van der Waals surface area contributed by atoms with Gasteiger partial charge in [-0.05, 0) is 73.0 Å². The molecule has 0 amide bonds. The first-order valence-electron chi connectivity index (χ1n) is 13.6. The molecule has 0 aromatic heterocycles. The van der Waals surface area contributed by atoms with Gasteiger partial charge in [-0.25, -0.2) is 0 Å². The van der Waals surface area contributed by atoms with Gasteiger partial charge in [0, 0.05) is 18.4 Å². The van der Waals surface area contributed by atoms with Gasteiger partial charge >= 0.3 is 0 Å². The minimum atomic E-state index is -1.57. The Morgan fingerprint density at radius 2 is 1.56 bits per heavy atom. The van der Waals surface area contributed by atoms with E-state index in [1.165, 1.54) is 0 Å². The molecule has 0 bridgehead atoms. The number of hydrogen-bond donors (Lipinski definition) is 7. The van der Waals surface area contributed by atoms with E-state index in [0.29, 0.717) is 12.8 Å². The van der Waals surface area contributed by atoms with Crippen LogP contribution < -0.4 is 0 Å². The first-order valence-corrected chi connectivity index (χ1v) is 13.6. The summed E-state index contributed by atoms with van der Waals surface area (Å²) in [5, 5.41) is 76.5. The second-order valence-corrected chi connectivity index (χ2v) is 13.1. The lowest BCUT2D eigenvalue weighted by Gasteiger charge is -2.66. The second-order valence-electron chi connectivity index (χ2n) is 13.1. The zero-order valence-corrected chi connectivity index (χ0v) is 21.3. The molecule has 0 radical (unpaired) electrons. The maximum Gasteiger partial charge on any atom is 0.109 e. The van der Waals surface area contributed by atoms with Crippen LogP contribution in [0.2, 0.25) is 0 Å². The summed E-state index contributed by atoms with van der Waals surface area (Å²) in [4.78, 5) is 0. The SMILES string of the molecule is CC(CO)CCCC(C)[C@H]1[C@@H](O)[C@H](O)[C@H]2C3C(CC[C@@]21C)[C@@]1(C)CC[C@H](O)C[C@]1(O)[C@H](O)[C@H]3O. The van der Waals surface area contributed by atoms with Crippen LogP contribution in [0.1, 0.15) is 79.1 Å². The largest absolute Gasteiger partial charge is 0.396 e. The van der Waals surface area contributed by atoms with Gasteiger partial charge in [0.2, 0.25) is 0 Å². The molecule has 0 aromatic rings. The van der Waals surface area contributed by atoms with Crippen LogP contribution in [-0.2, 0) is 0 Å². The topological polar surface area (TPSA) is 142 Å². The van der Waals surface area contributed by atoms with Crippen molar-refractivity contribution in [3.05, 3.63) is 0 Å². The minimum absolute atomic E-state index is 0.0456. The predicted octanol–water partition coefficient (Wildman–Crippen LogP) is 1.44. The molecule has 7 N–H and O–H groups in total. The first kappa shape index (κ1) is 26.8. The Balaban J connectivity index is 1.63. The van der Waals surface area contributed by atoms with E-state index in [-0.39, 0.29) is 48.0 Å². The van der Waals surface area contributed by atoms with Crippen molar-refractivity contribution in [1.29, 1.82) is 0 Å². The monoisotopic (exact) mass is 484 g/mol. The molecule has 4 aliphatic carbocycles. The Hall–Kier alpha value is -0.280. The Morgan fingerprint density at radius 3 is 2.21 bits per heavy atom. The summed E-state index contributed by atoms with van der Waals surface area (Å²) in [6.07, 6.45) is 0.224. The van der Waals surface area contributed by atoms with Crippen LogP contribution in [0.15, 0.2) is 0 Å². The fraction of sp³-hybridized carbons (Fsp3) is 1.00. The third kappa shape index (κ3) is 3.72. The van der Waals surface area contributed by atoms with Gasteiger partial charge in [-0.1, -0.05) is 40.5 Å². The van der Waals surface area contributed by atoms with Gasteiger partial charge < -0.3 is 35.7 Å². The minimum Gasteiger partial charge on any atom is -0.396 e. The van der Waals surface area contributed by atoms with Crippen LogP contribution in [0.3, 0.4) is 0 Å². The van der Waals surface area contributed by atoms with Crippen LogP contribution in [-0.4, -0.2) is 78.5 Å². The Morgan fingerprint density at radius 1 is 0.882 bits per heavy atom. The van der Waals surface area contributed by atoms with Crippen molar-refractivity contribution in [2.24, 2.45) is 46.3 Å². The highest BCUT2D eigenvalue weighted by molar-refractivity contribution is 5.21. The molecule has 0 aromatic carbocycles. The number of hydrogen-bond acceptors (Lipinski definition) is 7. The fourth-order valence-electron chi connectivity index (χ4n) is 9.41. The van der Waals surface area contributed by atoms with Crippen molar-refractivity contribution >= 4 is 0 Å². The standard InChI is InChI=1S/C27H48O7/c1-14(13-28)6-5-7-15(2)19-22(31)23(32)20-18-17(9-10-25(19,20)3)26(4)11-8-16(29)12-27(26,34)24(33)21(18)30/h14-24,28-34H,5-13H2,1-4H3/t14?,15?,16-,17?,18?,19-,20+,21-,22+,23+,24+,25+,26+,27-/m0/s1. The summed E-state index contributed by atoms with van der Waals surface area (Å²) >= 11 is 0. The summed E-state index contributed by atoms with van der Waals surface area (Å²) in [7, 11) is 0. The van der Waals surface area contributed by atoms with E-state index in [4.69, 9.17) is 0 Å². The number of aliphatic hydroxyl groups is 7. The fourth-order valence-corrected chi connectivity index (χ4v) is 9.41. The zero-order valence-electron chi connectivity index (χ0n) is 21.3. The third-order valence-electron chi connectivity index (χ3n) is 11.3. The van der Waals surface area contributed by atoms with Gasteiger partial charge in [0.1, 0.15) is 11.7 Å². The van der Waals surface area contributed by atoms with E-state index in [1.54, 1.807) is 0 Å². The summed E-state index contributed by atoms with van der Waals surface area (Å²) in [6.45, 7) is 8.45. The van der Waals surface area contributed by atoms with E-state index < -0.39 is 47.5 Å². The van der Waals surface area contributed by atoms with Crippen LogP contribution >= 0.6 is 0 Å². The molecule has 0 heterocycles. The molecule has 4 saturated carbocycles. The zero-order chi connectivity index (χ0) is 25.2. The lowest BCUT2D eigenvalue weighted by Crippen LogP contribution is -2.73. The smallest absolute Gasteiger partial charge is 0.109 e. The average Bonchev–Trinajstić information content (AvgIpc) is 2.99. The summed E-state index contributed by atoms with van der Waals surface area (Å²) in [6, 6.07) is 0. The highest BCUT2D eigenvalue weighted by atomic mass is 16.4. The first-order chi connectivity index (χ1) is 15.8. The van der Waals surface area contributed by atoms with Crippen molar-refractivity contribution < 1.29 is 35.7 Å². The van der Waals surface area contributed by atoms with Crippen molar-refractivity contribution in [3.63, 3.8) is 0 Å². The molecule has 4 unspecified atom stereocenters. The second kappa shape index (κ2) is 9.23. The molecular weight excluding hydrogens is 436 g/mol. The summed E-state index contributed by atoms with van der Waals surface area (Å²) < 4.78 is 0. The molecule has 0 spiro atoms. The molecule has 4 aliphatic rings. The number of fused-ring (bicyclic) bond motifs is 5. The van der Waals surface area contributed by atoms with Crippen molar-refractivity contribution in [2.75, 3.05) is 6.61 Å². The molecule has 0 aliphatic heterocycles. The molecule has 0 saturated heterocycles. The molecule has 7 nitrogen and oxygen atoms in total. The third-order valence-corrected chi connectivity index (χ3v) is 11.3. The molecule has 198 valence electrons.